The molecule has 1 atom stereocenters. The highest BCUT2D eigenvalue weighted by molar-refractivity contribution is 14.0. The van der Waals surface area contributed by atoms with Gasteiger partial charge in [-0.25, -0.2) is 0 Å². The molecule has 0 amide bonds. The van der Waals surface area contributed by atoms with Crippen molar-refractivity contribution in [3.05, 3.63) is 74.8 Å². The monoisotopic (exact) mass is 474 g/mol. The van der Waals surface area contributed by atoms with Crippen LogP contribution in [0.25, 0.3) is 0 Å². The van der Waals surface area contributed by atoms with Crippen LogP contribution in [0.4, 0.5) is 5.69 Å². The lowest BCUT2D eigenvalue weighted by molar-refractivity contribution is -0.384. The number of nitro benzene ring substituents is 1. The second-order valence-corrected chi connectivity index (χ2v) is 5.65. The lowest BCUT2D eigenvalue weighted by atomic mass is 10.1. The molecule has 134 valence electrons. The minimum absolute atomic E-state index is 0. The average molecular weight is 475 g/mol. The van der Waals surface area contributed by atoms with Gasteiger partial charge in [-0.15, -0.1) is 24.0 Å². The predicted octanol–water partition coefficient (Wildman–Crippen LogP) is 4.29. The fraction of sp³-hybridized carbons (Fsp3) is 0.235. The highest BCUT2D eigenvalue weighted by Crippen LogP contribution is 2.22. The maximum absolute atomic E-state index is 10.8. The third kappa shape index (κ3) is 6.17. The molecule has 2 aromatic rings. The van der Waals surface area contributed by atoms with Gasteiger partial charge in [0, 0.05) is 30.7 Å². The highest BCUT2D eigenvalue weighted by atomic mass is 127. The summed E-state index contributed by atoms with van der Waals surface area (Å²) >= 11 is 6.20. The first-order chi connectivity index (χ1) is 11.5. The SMILES string of the molecule is CN=C(NCc1cccc([N+](=O)[O-])c1)NC(C)c1ccccc1Cl.I. The van der Waals surface area contributed by atoms with Gasteiger partial charge in [-0.3, -0.25) is 15.1 Å². The van der Waals surface area contributed by atoms with Crippen molar-refractivity contribution >= 4 is 47.2 Å². The Labute approximate surface area is 168 Å². The molecule has 6 nitrogen and oxygen atoms in total. The molecule has 0 spiro atoms. The van der Waals surface area contributed by atoms with Crippen molar-refractivity contribution in [2.45, 2.75) is 19.5 Å². The number of nitrogens with one attached hydrogen (secondary N) is 2. The molecule has 0 aliphatic heterocycles. The summed E-state index contributed by atoms with van der Waals surface area (Å²) in [5.74, 6) is 0.592. The fourth-order valence-corrected chi connectivity index (χ4v) is 2.57. The van der Waals surface area contributed by atoms with Crippen LogP contribution in [0.5, 0.6) is 0 Å². The Morgan fingerprint density at radius 2 is 2.00 bits per heavy atom. The van der Waals surface area contributed by atoms with Crippen LogP contribution in [0, 0.1) is 10.1 Å². The van der Waals surface area contributed by atoms with Crippen molar-refractivity contribution in [2.75, 3.05) is 7.05 Å². The maximum Gasteiger partial charge on any atom is 0.269 e. The molecule has 0 heterocycles. The van der Waals surface area contributed by atoms with Gasteiger partial charge >= 0.3 is 0 Å². The number of non-ortho nitro benzene ring substituents is 1. The van der Waals surface area contributed by atoms with Crippen LogP contribution in [0.1, 0.15) is 24.1 Å². The van der Waals surface area contributed by atoms with Gasteiger partial charge in [0.25, 0.3) is 5.69 Å². The molecule has 8 heteroatoms. The number of hydrogen-bond acceptors (Lipinski definition) is 3. The molecular formula is C17H20ClIN4O2. The third-order valence-electron chi connectivity index (χ3n) is 3.53. The zero-order valence-corrected chi connectivity index (χ0v) is 17.0. The van der Waals surface area contributed by atoms with Crippen molar-refractivity contribution in [2.24, 2.45) is 4.99 Å². The highest BCUT2D eigenvalue weighted by Gasteiger charge is 2.11. The van der Waals surface area contributed by atoms with E-state index in [1.54, 1.807) is 13.1 Å². The van der Waals surface area contributed by atoms with Crippen LogP contribution < -0.4 is 10.6 Å². The summed E-state index contributed by atoms with van der Waals surface area (Å²) in [6, 6.07) is 14.1. The molecule has 2 aromatic carbocycles. The third-order valence-corrected chi connectivity index (χ3v) is 3.87. The van der Waals surface area contributed by atoms with Gasteiger partial charge in [-0.2, -0.15) is 0 Å². The molecule has 0 bridgehead atoms. The Morgan fingerprint density at radius 3 is 2.64 bits per heavy atom. The van der Waals surface area contributed by atoms with Crippen LogP contribution in [-0.2, 0) is 6.54 Å². The summed E-state index contributed by atoms with van der Waals surface area (Å²) in [4.78, 5) is 14.6. The molecule has 0 saturated carbocycles. The minimum Gasteiger partial charge on any atom is -0.352 e. The number of guanidine groups is 1. The number of halogens is 2. The number of hydrogen-bond donors (Lipinski definition) is 2. The molecule has 0 aromatic heterocycles. The molecule has 0 aliphatic carbocycles. The zero-order chi connectivity index (χ0) is 17.5. The molecule has 1 unspecified atom stereocenters. The van der Waals surface area contributed by atoms with Crippen LogP contribution in [0.3, 0.4) is 0 Å². The Bertz CT molecular complexity index is 755. The molecule has 0 aliphatic rings. The lowest BCUT2D eigenvalue weighted by Crippen LogP contribution is -2.38. The quantitative estimate of drug-likeness (QED) is 0.223. The number of nitrogens with zero attached hydrogens (tertiary/aromatic N) is 2. The van der Waals surface area contributed by atoms with Crippen molar-refractivity contribution in [3.63, 3.8) is 0 Å². The summed E-state index contributed by atoms with van der Waals surface area (Å²) in [7, 11) is 1.67. The van der Waals surface area contributed by atoms with Crippen molar-refractivity contribution in [1.82, 2.24) is 10.6 Å². The van der Waals surface area contributed by atoms with Gasteiger partial charge in [0.05, 0.1) is 11.0 Å². The molecular weight excluding hydrogens is 455 g/mol. The van der Waals surface area contributed by atoms with Crippen LogP contribution in [0.15, 0.2) is 53.5 Å². The van der Waals surface area contributed by atoms with E-state index in [1.807, 2.05) is 37.3 Å². The summed E-state index contributed by atoms with van der Waals surface area (Å²) in [6.07, 6.45) is 0. The van der Waals surface area contributed by atoms with Crippen LogP contribution >= 0.6 is 35.6 Å². The molecule has 0 radical (unpaired) electrons. The maximum atomic E-state index is 10.8. The van der Waals surface area contributed by atoms with E-state index in [9.17, 15) is 10.1 Å². The van der Waals surface area contributed by atoms with Crippen molar-refractivity contribution < 1.29 is 4.92 Å². The lowest BCUT2D eigenvalue weighted by Gasteiger charge is -2.19. The van der Waals surface area contributed by atoms with Gasteiger partial charge in [0.15, 0.2) is 5.96 Å². The van der Waals surface area contributed by atoms with Gasteiger partial charge in [0.2, 0.25) is 0 Å². The average Bonchev–Trinajstić information content (AvgIpc) is 2.59. The number of aliphatic imine (C=N–C) groups is 1. The number of rotatable bonds is 5. The van der Waals surface area contributed by atoms with Gasteiger partial charge in [0.1, 0.15) is 0 Å². The van der Waals surface area contributed by atoms with E-state index in [-0.39, 0.29) is 35.7 Å². The molecule has 2 N–H and O–H groups in total. The molecule has 25 heavy (non-hydrogen) atoms. The normalized spacial score (nSPS) is 12.0. The summed E-state index contributed by atoms with van der Waals surface area (Å²) in [5, 5.41) is 17.9. The van der Waals surface area contributed by atoms with E-state index in [1.165, 1.54) is 12.1 Å². The van der Waals surface area contributed by atoms with E-state index >= 15 is 0 Å². The summed E-state index contributed by atoms with van der Waals surface area (Å²) < 4.78 is 0. The second-order valence-electron chi connectivity index (χ2n) is 5.24. The summed E-state index contributed by atoms with van der Waals surface area (Å²) in [6.45, 7) is 2.41. The first-order valence-electron chi connectivity index (χ1n) is 7.46. The Morgan fingerprint density at radius 1 is 1.28 bits per heavy atom. The van der Waals surface area contributed by atoms with Crippen molar-refractivity contribution in [1.29, 1.82) is 0 Å². The summed E-state index contributed by atoms with van der Waals surface area (Å²) in [5.41, 5.74) is 1.84. The predicted molar refractivity (Wildman–Crippen MR) is 112 cm³/mol. The van der Waals surface area contributed by atoms with E-state index in [0.29, 0.717) is 17.5 Å². The zero-order valence-electron chi connectivity index (χ0n) is 13.9. The largest absolute Gasteiger partial charge is 0.352 e. The van der Waals surface area contributed by atoms with E-state index in [2.05, 4.69) is 15.6 Å². The van der Waals surface area contributed by atoms with Crippen LogP contribution in [0.2, 0.25) is 5.02 Å². The van der Waals surface area contributed by atoms with Gasteiger partial charge < -0.3 is 10.6 Å². The first kappa shape index (κ1) is 21.2. The van der Waals surface area contributed by atoms with Crippen molar-refractivity contribution in [3.8, 4) is 0 Å². The Kier molecular flexibility index (Phi) is 8.64. The van der Waals surface area contributed by atoms with E-state index in [4.69, 9.17) is 11.6 Å². The Hall–Kier alpha value is -1.87. The van der Waals surface area contributed by atoms with E-state index in [0.717, 1.165) is 11.1 Å². The second kappa shape index (κ2) is 10.2. The van der Waals surface area contributed by atoms with Gasteiger partial charge in [-0.05, 0) is 24.1 Å². The van der Waals surface area contributed by atoms with E-state index < -0.39 is 4.92 Å². The first-order valence-corrected chi connectivity index (χ1v) is 7.84. The Balaban J connectivity index is 0.00000312. The smallest absolute Gasteiger partial charge is 0.269 e. The topological polar surface area (TPSA) is 79.6 Å². The molecule has 2 rings (SSSR count). The molecule has 0 fully saturated rings. The fourth-order valence-electron chi connectivity index (χ4n) is 2.27. The van der Waals surface area contributed by atoms with Gasteiger partial charge in [-0.1, -0.05) is 41.9 Å². The minimum atomic E-state index is -0.407. The number of benzene rings is 2. The van der Waals surface area contributed by atoms with Crippen LogP contribution in [-0.4, -0.2) is 17.9 Å². The standard InChI is InChI=1S/C17H19ClN4O2.HI/c1-12(15-8-3-4-9-16(15)18)21-17(19-2)20-11-13-6-5-7-14(10-13)22(23)24;/h3-10,12H,11H2,1-2H3,(H2,19,20,21);1H. The number of nitro groups is 1. The molecule has 0 saturated heterocycles.